The molecule has 0 bridgehead atoms. The maximum Gasteiger partial charge on any atom is 0.263 e. The molecule has 6 nitrogen and oxygen atoms in total. The number of aromatic nitrogens is 2. The van der Waals surface area contributed by atoms with E-state index in [1.54, 1.807) is 23.1 Å². The zero-order valence-corrected chi connectivity index (χ0v) is 14.2. The van der Waals surface area contributed by atoms with Crippen molar-refractivity contribution in [2.24, 2.45) is 0 Å². The van der Waals surface area contributed by atoms with Gasteiger partial charge in [-0.1, -0.05) is 29.3 Å². The summed E-state index contributed by atoms with van der Waals surface area (Å²) in [5, 5.41) is 0.997. The topological polar surface area (TPSA) is 75.3 Å². The molecule has 126 valence electrons. The Morgan fingerprint density at radius 3 is 2.54 bits per heavy atom. The molecular weight excluding hydrogens is 353 g/mol. The minimum atomic E-state index is -0.473. The van der Waals surface area contributed by atoms with Crippen LogP contribution < -0.4 is 5.56 Å². The van der Waals surface area contributed by atoms with E-state index in [-0.39, 0.29) is 17.9 Å². The molecule has 0 radical (unpaired) electrons. The summed E-state index contributed by atoms with van der Waals surface area (Å²) < 4.78 is 5.20. The third kappa shape index (κ3) is 3.61. The molecule has 0 aliphatic carbocycles. The number of carbonyl (C=O) groups is 1. The van der Waals surface area contributed by atoms with Crippen molar-refractivity contribution >= 4 is 29.1 Å². The van der Waals surface area contributed by atoms with E-state index in [0.29, 0.717) is 47.7 Å². The van der Waals surface area contributed by atoms with Gasteiger partial charge in [-0.05, 0) is 17.7 Å². The van der Waals surface area contributed by atoms with Crippen LogP contribution in [0.4, 0.5) is 0 Å². The van der Waals surface area contributed by atoms with Crippen molar-refractivity contribution < 1.29 is 9.53 Å². The first-order valence-corrected chi connectivity index (χ1v) is 8.20. The highest BCUT2D eigenvalue weighted by atomic mass is 35.5. The number of aromatic amines is 1. The van der Waals surface area contributed by atoms with Crippen LogP contribution in [0.15, 0.2) is 29.2 Å². The average molecular weight is 368 g/mol. The van der Waals surface area contributed by atoms with Crippen molar-refractivity contribution in [3.05, 3.63) is 61.7 Å². The molecule has 1 aliphatic heterocycles. The number of benzene rings is 1. The number of nitrogens with zero attached hydrogens (tertiary/aromatic N) is 2. The minimum Gasteiger partial charge on any atom is -0.378 e. The Morgan fingerprint density at radius 2 is 1.92 bits per heavy atom. The molecule has 3 rings (SSSR count). The number of H-pyrrole nitrogens is 1. The third-order valence-corrected chi connectivity index (χ3v) is 4.49. The molecule has 2 aromatic rings. The van der Waals surface area contributed by atoms with Gasteiger partial charge in [-0.15, -0.1) is 0 Å². The molecule has 1 fully saturated rings. The Morgan fingerprint density at radius 1 is 1.25 bits per heavy atom. The van der Waals surface area contributed by atoms with E-state index in [4.69, 9.17) is 27.9 Å². The summed E-state index contributed by atoms with van der Waals surface area (Å²) in [5.41, 5.74) is 0.224. The summed E-state index contributed by atoms with van der Waals surface area (Å²) >= 11 is 12.3. The molecule has 1 amide bonds. The second kappa shape index (κ2) is 7.34. The molecular formula is C16H15Cl2N3O3. The lowest BCUT2D eigenvalue weighted by molar-refractivity contribution is 0.0301. The van der Waals surface area contributed by atoms with E-state index >= 15 is 0 Å². The van der Waals surface area contributed by atoms with Crippen LogP contribution in [-0.2, 0) is 11.2 Å². The lowest BCUT2D eigenvalue weighted by atomic mass is 10.1. The van der Waals surface area contributed by atoms with Crippen molar-refractivity contribution in [3.63, 3.8) is 0 Å². The second-order valence-electron chi connectivity index (χ2n) is 5.35. The number of morpholine rings is 1. The van der Waals surface area contributed by atoms with Crippen LogP contribution in [0.3, 0.4) is 0 Å². The van der Waals surface area contributed by atoms with Crippen molar-refractivity contribution in [2.75, 3.05) is 26.3 Å². The second-order valence-corrected chi connectivity index (χ2v) is 6.17. The summed E-state index contributed by atoms with van der Waals surface area (Å²) in [6.45, 7) is 1.88. The maximum atomic E-state index is 12.4. The molecule has 24 heavy (non-hydrogen) atoms. The lowest BCUT2D eigenvalue weighted by Crippen LogP contribution is -2.42. The van der Waals surface area contributed by atoms with Crippen molar-refractivity contribution in [1.29, 1.82) is 0 Å². The van der Waals surface area contributed by atoms with E-state index in [9.17, 15) is 9.59 Å². The lowest BCUT2D eigenvalue weighted by Gasteiger charge is -2.26. The predicted octanol–water partition coefficient (Wildman–Crippen LogP) is 2.14. The number of halogens is 2. The van der Waals surface area contributed by atoms with E-state index in [2.05, 4.69) is 9.97 Å². The Balaban J connectivity index is 1.82. The van der Waals surface area contributed by atoms with Gasteiger partial charge in [-0.2, -0.15) is 0 Å². The van der Waals surface area contributed by atoms with Crippen LogP contribution >= 0.6 is 23.2 Å². The van der Waals surface area contributed by atoms with E-state index in [1.807, 2.05) is 0 Å². The van der Waals surface area contributed by atoms with Crippen LogP contribution in [0.5, 0.6) is 0 Å². The molecule has 1 aliphatic rings. The Labute approximate surface area is 148 Å². The van der Waals surface area contributed by atoms with Gasteiger partial charge in [-0.25, -0.2) is 4.98 Å². The highest BCUT2D eigenvalue weighted by Gasteiger charge is 2.21. The highest BCUT2D eigenvalue weighted by molar-refractivity contribution is 6.36. The quantitative estimate of drug-likeness (QED) is 0.901. The number of hydrogen-bond donors (Lipinski definition) is 1. The number of nitrogens with one attached hydrogen (secondary N) is 1. The molecule has 1 N–H and O–H groups in total. The molecule has 0 spiro atoms. The van der Waals surface area contributed by atoms with Crippen LogP contribution in [0.25, 0.3) is 0 Å². The first-order valence-electron chi connectivity index (χ1n) is 7.44. The predicted molar refractivity (Wildman–Crippen MR) is 90.8 cm³/mol. The van der Waals surface area contributed by atoms with Crippen molar-refractivity contribution in [1.82, 2.24) is 14.9 Å². The van der Waals surface area contributed by atoms with Crippen LogP contribution in [0, 0.1) is 0 Å². The van der Waals surface area contributed by atoms with Gasteiger partial charge in [0.25, 0.3) is 11.5 Å². The van der Waals surface area contributed by atoms with Gasteiger partial charge < -0.3 is 14.6 Å². The molecule has 1 aromatic carbocycles. The number of ether oxygens (including phenoxy) is 1. The minimum absolute atomic E-state index is 0.0194. The van der Waals surface area contributed by atoms with Gasteiger partial charge in [0.15, 0.2) is 0 Å². The largest absolute Gasteiger partial charge is 0.378 e. The van der Waals surface area contributed by atoms with Crippen LogP contribution in [0.1, 0.15) is 21.7 Å². The molecule has 8 heteroatoms. The standard InChI is InChI=1S/C16H15Cl2N3O3/c17-12-2-1-3-13(18)10(12)8-14-19-9-11(15(22)20-14)16(23)21-4-6-24-7-5-21/h1-3,9H,4-8H2,(H,19,20,22). The van der Waals surface area contributed by atoms with Gasteiger partial charge in [0.1, 0.15) is 11.4 Å². The molecule has 0 unspecified atom stereocenters. The van der Waals surface area contributed by atoms with E-state index in [0.717, 1.165) is 0 Å². The first-order chi connectivity index (χ1) is 11.6. The zero-order valence-electron chi connectivity index (χ0n) is 12.7. The van der Waals surface area contributed by atoms with Crippen molar-refractivity contribution in [2.45, 2.75) is 6.42 Å². The van der Waals surface area contributed by atoms with Gasteiger partial charge in [0, 0.05) is 35.8 Å². The average Bonchev–Trinajstić information content (AvgIpc) is 2.59. The molecule has 1 saturated heterocycles. The van der Waals surface area contributed by atoms with Gasteiger partial charge >= 0.3 is 0 Å². The molecule has 0 atom stereocenters. The monoisotopic (exact) mass is 367 g/mol. The van der Waals surface area contributed by atoms with Gasteiger partial charge in [0.05, 0.1) is 13.2 Å². The SMILES string of the molecule is O=C(c1cnc(Cc2c(Cl)cccc2Cl)[nH]c1=O)N1CCOCC1. The Bertz CT molecular complexity index is 796. The van der Waals surface area contributed by atoms with Crippen LogP contribution in [-0.4, -0.2) is 47.1 Å². The summed E-state index contributed by atoms with van der Waals surface area (Å²) in [7, 11) is 0. The van der Waals surface area contributed by atoms with Crippen LogP contribution in [0.2, 0.25) is 10.0 Å². The third-order valence-electron chi connectivity index (χ3n) is 3.79. The normalized spacial score (nSPS) is 14.7. The van der Waals surface area contributed by atoms with Crippen molar-refractivity contribution in [3.8, 4) is 0 Å². The summed E-state index contributed by atoms with van der Waals surface area (Å²) in [5.74, 6) is 0.0582. The summed E-state index contributed by atoms with van der Waals surface area (Å²) in [4.78, 5) is 33.0. The Kier molecular flexibility index (Phi) is 5.18. The number of carbonyl (C=O) groups excluding carboxylic acids is 1. The highest BCUT2D eigenvalue weighted by Crippen LogP contribution is 2.25. The number of amides is 1. The fourth-order valence-corrected chi connectivity index (χ4v) is 3.01. The van der Waals surface area contributed by atoms with E-state index in [1.165, 1.54) is 6.20 Å². The zero-order chi connectivity index (χ0) is 17.1. The van der Waals surface area contributed by atoms with Gasteiger partial charge in [0.2, 0.25) is 0 Å². The molecule has 1 aromatic heterocycles. The fraction of sp³-hybridized carbons (Fsp3) is 0.312. The maximum absolute atomic E-state index is 12.4. The van der Waals surface area contributed by atoms with Gasteiger partial charge in [-0.3, -0.25) is 9.59 Å². The number of hydrogen-bond acceptors (Lipinski definition) is 4. The summed E-state index contributed by atoms with van der Waals surface area (Å²) in [6.07, 6.45) is 1.58. The molecule has 0 saturated carbocycles. The number of rotatable bonds is 3. The molecule has 2 heterocycles. The smallest absolute Gasteiger partial charge is 0.263 e. The first kappa shape index (κ1) is 17.0. The Hall–Kier alpha value is -1.89. The summed E-state index contributed by atoms with van der Waals surface area (Å²) in [6, 6.07) is 5.18. The van der Waals surface area contributed by atoms with E-state index < -0.39 is 5.56 Å². The fourth-order valence-electron chi connectivity index (χ4n) is 2.48.